The lowest BCUT2D eigenvalue weighted by atomic mass is 9.72. The van der Waals surface area contributed by atoms with Crippen molar-refractivity contribution in [2.75, 3.05) is 7.11 Å². The molecule has 0 atom stereocenters. The first-order chi connectivity index (χ1) is 8.07. The molecule has 17 heavy (non-hydrogen) atoms. The van der Waals surface area contributed by atoms with E-state index in [1.54, 1.807) is 0 Å². The molecule has 2 aliphatic carbocycles. The van der Waals surface area contributed by atoms with Crippen LogP contribution in [0.25, 0.3) is 0 Å². The number of methoxy groups -OCH3 is 1. The van der Waals surface area contributed by atoms with Crippen LogP contribution in [0.4, 0.5) is 0 Å². The van der Waals surface area contributed by atoms with Crippen molar-refractivity contribution in [3.63, 3.8) is 0 Å². The maximum Gasteiger partial charge on any atom is 0.326 e. The van der Waals surface area contributed by atoms with Gasteiger partial charge in [-0.3, -0.25) is 10.1 Å². The Morgan fingerprint density at radius 1 is 1.24 bits per heavy atom. The molecule has 0 aromatic heterocycles. The molecule has 1 N–H and O–H groups in total. The van der Waals surface area contributed by atoms with E-state index in [0.717, 1.165) is 37.5 Å². The molecule has 2 fully saturated rings. The summed E-state index contributed by atoms with van der Waals surface area (Å²) in [7, 11) is 1.51. The Hall–Kier alpha value is -0.570. The molecule has 2 saturated carbocycles. The fourth-order valence-corrected chi connectivity index (χ4v) is 3.02. The van der Waals surface area contributed by atoms with Crippen molar-refractivity contribution < 1.29 is 9.53 Å². The normalized spacial score (nSPS) is 33.8. The highest BCUT2D eigenvalue weighted by Crippen LogP contribution is 2.38. The summed E-state index contributed by atoms with van der Waals surface area (Å²) in [5.41, 5.74) is -0.374. The van der Waals surface area contributed by atoms with Crippen LogP contribution in [-0.4, -0.2) is 24.7 Å². The predicted octanol–water partition coefficient (Wildman–Crippen LogP) is 2.50. The SMILES string of the molecule is COC(=O)C1(NC2CC2)CCC(C(C)C)CC1. The molecule has 2 rings (SSSR count). The molecule has 0 aromatic carbocycles. The third kappa shape index (κ3) is 2.82. The van der Waals surface area contributed by atoms with Crippen LogP contribution in [0.1, 0.15) is 52.4 Å². The third-order valence-electron chi connectivity index (χ3n) is 4.46. The lowest BCUT2D eigenvalue weighted by Gasteiger charge is -2.40. The van der Waals surface area contributed by atoms with Crippen LogP contribution in [0, 0.1) is 11.8 Å². The minimum absolute atomic E-state index is 0.0494. The Labute approximate surface area is 104 Å². The minimum Gasteiger partial charge on any atom is -0.468 e. The molecular weight excluding hydrogens is 214 g/mol. The fourth-order valence-electron chi connectivity index (χ4n) is 3.02. The topological polar surface area (TPSA) is 38.3 Å². The van der Waals surface area contributed by atoms with E-state index in [-0.39, 0.29) is 11.5 Å². The highest BCUT2D eigenvalue weighted by molar-refractivity contribution is 5.81. The van der Waals surface area contributed by atoms with Gasteiger partial charge in [0.2, 0.25) is 0 Å². The second-order valence-electron chi connectivity index (χ2n) is 6.07. The number of carbonyl (C=O) groups excluding carboxylic acids is 1. The highest BCUT2D eigenvalue weighted by atomic mass is 16.5. The van der Waals surface area contributed by atoms with Crippen LogP contribution in [-0.2, 0) is 9.53 Å². The number of esters is 1. The molecule has 0 radical (unpaired) electrons. The summed E-state index contributed by atoms with van der Waals surface area (Å²) in [4.78, 5) is 12.0. The predicted molar refractivity (Wildman–Crippen MR) is 67.7 cm³/mol. The molecule has 0 spiro atoms. The van der Waals surface area contributed by atoms with Gasteiger partial charge in [0.15, 0.2) is 0 Å². The van der Waals surface area contributed by atoms with Gasteiger partial charge in [0, 0.05) is 6.04 Å². The molecular formula is C14H25NO2. The lowest BCUT2D eigenvalue weighted by Crippen LogP contribution is -2.55. The quantitative estimate of drug-likeness (QED) is 0.766. The maximum atomic E-state index is 12.0. The van der Waals surface area contributed by atoms with Gasteiger partial charge < -0.3 is 4.74 Å². The third-order valence-corrected chi connectivity index (χ3v) is 4.46. The van der Waals surface area contributed by atoms with E-state index in [1.807, 2.05) is 0 Å². The number of carbonyl (C=O) groups is 1. The van der Waals surface area contributed by atoms with Crippen molar-refractivity contribution in [3.8, 4) is 0 Å². The van der Waals surface area contributed by atoms with E-state index in [2.05, 4.69) is 19.2 Å². The molecule has 0 amide bonds. The van der Waals surface area contributed by atoms with Gasteiger partial charge in [0.25, 0.3) is 0 Å². The van der Waals surface area contributed by atoms with Crippen LogP contribution in [0.5, 0.6) is 0 Å². The molecule has 3 nitrogen and oxygen atoms in total. The van der Waals surface area contributed by atoms with Gasteiger partial charge in [-0.1, -0.05) is 13.8 Å². The van der Waals surface area contributed by atoms with Crippen molar-refractivity contribution in [1.29, 1.82) is 0 Å². The van der Waals surface area contributed by atoms with E-state index >= 15 is 0 Å². The zero-order chi connectivity index (χ0) is 12.5. The summed E-state index contributed by atoms with van der Waals surface area (Å²) in [5, 5.41) is 3.54. The van der Waals surface area contributed by atoms with E-state index < -0.39 is 0 Å². The molecule has 2 aliphatic rings. The van der Waals surface area contributed by atoms with Crippen molar-refractivity contribution in [1.82, 2.24) is 5.32 Å². The van der Waals surface area contributed by atoms with E-state index in [4.69, 9.17) is 4.74 Å². The first-order valence-electron chi connectivity index (χ1n) is 6.93. The van der Waals surface area contributed by atoms with E-state index in [0.29, 0.717) is 6.04 Å². The Kier molecular flexibility index (Phi) is 3.76. The van der Waals surface area contributed by atoms with Crippen LogP contribution in [0.15, 0.2) is 0 Å². The first kappa shape index (κ1) is 12.9. The Balaban J connectivity index is 2.00. The molecule has 0 heterocycles. The summed E-state index contributed by atoms with van der Waals surface area (Å²) in [6.45, 7) is 4.56. The largest absolute Gasteiger partial charge is 0.468 e. The molecule has 0 aliphatic heterocycles. The van der Waals surface area contributed by atoms with Gasteiger partial charge in [-0.05, 0) is 50.4 Å². The van der Waals surface area contributed by atoms with Gasteiger partial charge in [-0.2, -0.15) is 0 Å². The molecule has 3 heteroatoms. The molecule has 0 saturated heterocycles. The Morgan fingerprint density at radius 3 is 2.24 bits per heavy atom. The monoisotopic (exact) mass is 239 g/mol. The Morgan fingerprint density at radius 2 is 1.82 bits per heavy atom. The van der Waals surface area contributed by atoms with Crippen LogP contribution < -0.4 is 5.32 Å². The summed E-state index contributed by atoms with van der Waals surface area (Å²) in [6, 6.07) is 0.560. The van der Waals surface area contributed by atoms with Crippen molar-refractivity contribution in [3.05, 3.63) is 0 Å². The lowest BCUT2D eigenvalue weighted by molar-refractivity contribution is -0.151. The number of hydrogen-bond acceptors (Lipinski definition) is 3. The second-order valence-corrected chi connectivity index (χ2v) is 6.07. The first-order valence-corrected chi connectivity index (χ1v) is 6.93. The van der Waals surface area contributed by atoms with Gasteiger partial charge >= 0.3 is 5.97 Å². The Bertz CT molecular complexity index is 276. The van der Waals surface area contributed by atoms with Gasteiger partial charge in [-0.25, -0.2) is 0 Å². The fraction of sp³-hybridized carbons (Fsp3) is 0.929. The zero-order valence-corrected chi connectivity index (χ0v) is 11.3. The molecule has 0 unspecified atom stereocenters. The summed E-state index contributed by atoms with van der Waals surface area (Å²) < 4.78 is 5.02. The van der Waals surface area contributed by atoms with Crippen molar-refractivity contribution in [2.24, 2.45) is 11.8 Å². The maximum absolute atomic E-state index is 12.0. The van der Waals surface area contributed by atoms with Crippen molar-refractivity contribution >= 4 is 5.97 Å². The summed E-state index contributed by atoms with van der Waals surface area (Å²) in [5.74, 6) is 1.45. The summed E-state index contributed by atoms with van der Waals surface area (Å²) >= 11 is 0. The number of rotatable bonds is 4. The molecule has 98 valence electrons. The number of ether oxygens (including phenoxy) is 1. The van der Waals surface area contributed by atoms with Crippen LogP contribution in [0.3, 0.4) is 0 Å². The zero-order valence-electron chi connectivity index (χ0n) is 11.3. The molecule has 0 bridgehead atoms. The van der Waals surface area contributed by atoms with Crippen molar-refractivity contribution in [2.45, 2.75) is 64.0 Å². The van der Waals surface area contributed by atoms with Gasteiger partial charge in [-0.15, -0.1) is 0 Å². The van der Waals surface area contributed by atoms with Crippen LogP contribution in [0.2, 0.25) is 0 Å². The van der Waals surface area contributed by atoms with Crippen LogP contribution >= 0.6 is 0 Å². The number of nitrogens with one attached hydrogen (secondary N) is 1. The molecule has 0 aromatic rings. The minimum atomic E-state index is -0.374. The smallest absolute Gasteiger partial charge is 0.326 e. The second kappa shape index (κ2) is 4.97. The van der Waals surface area contributed by atoms with E-state index in [1.165, 1.54) is 20.0 Å². The summed E-state index contributed by atoms with van der Waals surface area (Å²) in [6.07, 6.45) is 6.61. The standard InChI is InChI=1S/C14H25NO2/c1-10(2)11-6-8-14(9-7-11,13(16)17-3)15-12-4-5-12/h10-12,15H,4-9H2,1-3H3. The average molecular weight is 239 g/mol. The van der Waals surface area contributed by atoms with E-state index in [9.17, 15) is 4.79 Å². The highest BCUT2D eigenvalue weighted by Gasteiger charge is 2.45. The van der Waals surface area contributed by atoms with Gasteiger partial charge in [0.05, 0.1) is 7.11 Å². The number of hydrogen-bond donors (Lipinski definition) is 1. The average Bonchev–Trinajstić information content (AvgIpc) is 3.12. The van der Waals surface area contributed by atoms with Gasteiger partial charge in [0.1, 0.15) is 5.54 Å².